The lowest BCUT2D eigenvalue weighted by Gasteiger charge is -2.23. The van der Waals surface area contributed by atoms with Crippen molar-refractivity contribution in [3.8, 4) is 0 Å². The predicted octanol–water partition coefficient (Wildman–Crippen LogP) is 2.98. The summed E-state index contributed by atoms with van der Waals surface area (Å²) in [5.41, 5.74) is 1.51. The number of esters is 1. The Bertz CT molecular complexity index is 461. The van der Waals surface area contributed by atoms with Crippen molar-refractivity contribution in [3.05, 3.63) is 35.4 Å². The Morgan fingerprint density at radius 2 is 1.84 bits per heavy atom. The maximum absolute atomic E-state index is 11.9. The molecule has 0 aromatic heterocycles. The normalized spacial score (nSPS) is 16.0. The van der Waals surface area contributed by atoms with Crippen LogP contribution in [-0.4, -0.2) is 23.7 Å². The van der Waals surface area contributed by atoms with Gasteiger partial charge in [0.15, 0.2) is 6.61 Å². The van der Waals surface area contributed by atoms with E-state index in [1.165, 1.54) is 19.3 Å². The molecule has 4 nitrogen and oxygen atoms in total. The van der Waals surface area contributed by atoms with Gasteiger partial charge in [-0.3, -0.25) is 0 Å². The molecule has 0 saturated heterocycles. The molecule has 0 atom stereocenters. The molecule has 0 amide bonds. The van der Waals surface area contributed by atoms with Gasteiger partial charge in [0.1, 0.15) is 0 Å². The first kappa shape index (κ1) is 13.6. The third kappa shape index (κ3) is 3.56. The minimum Gasteiger partial charge on any atom is -0.479 e. The first-order valence-electron chi connectivity index (χ1n) is 6.66. The van der Waals surface area contributed by atoms with Crippen molar-refractivity contribution in [2.75, 3.05) is 6.61 Å². The van der Waals surface area contributed by atoms with Crippen LogP contribution in [0.3, 0.4) is 0 Å². The number of carbonyl (C=O) groups excluding carboxylic acids is 1. The molecule has 1 aromatic rings. The minimum absolute atomic E-state index is 0.391. The Hall–Kier alpha value is -1.84. The standard InChI is InChI=1S/C15H18O4/c16-14(17)10-19-15(18)13-9-5-4-8-12(13)11-6-2-1-3-7-11/h4-5,8-9,11H,1-3,6-7,10H2,(H,16,17). The van der Waals surface area contributed by atoms with E-state index in [0.29, 0.717) is 11.5 Å². The summed E-state index contributed by atoms with van der Waals surface area (Å²) < 4.78 is 4.78. The van der Waals surface area contributed by atoms with E-state index in [-0.39, 0.29) is 0 Å². The number of rotatable bonds is 4. The first-order valence-corrected chi connectivity index (χ1v) is 6.66. The minimum atomic E-state index is -1.14. The average molecular weight is 262 g/mol. The van der Waals surface area contributed by atoms with Crippen molar-refractivity contribution in [2.24, 2.45) is 0 Å². The monoisotopic (exact) mass is 262 g/mol. The largest absolute Gasteiger partial charge is 0.479 e. The molecule has 0 radical (unpaired) electrons. The highest BCUT2D eigenvalue weighted by Gasteiger charge is 2.22. The lowest BCUT2D eigenvalue weighted by atomic mass is 9.82. The summed E-state index contributed by atoms with van der Waals surface area (Å²) in [6, 6.07) is 7.36. The van der Waals surface area contributed by atoms with E-state index in [1.807, 2.05) is 12.1 Å². The van der Waals surface area contributed by atoms with Crippen molar-refractivity contribution < 1.29 is 19.4 Å². The molecule has 1 aliphatic carbocycles. The van der Waals surface area contributed by atoms with E-state index < -0.39 is 18.5 Å². The molecule has 19 heavy (non-hydrogen) atoms. The van der Waals surface area contributed by atoms with Crippen LogP contribution in [0, 0.1) is 0 Å². The van der Waals surface area contributed by atoms with Gasteiger partial charge in [-0.2, -0.15) is 0 Å². The zero-order valence-electron chi connectivity index (χ0n) is 10.8. The van der Waals surface area contributed by atoms with E-state index in [2.05, 4.69) is 0 Å². The maximum Gasteiger partial charge on any atom is 0.341 e. The van der Waals surface area contributed by atoms with Crippen LogP contribution in [0.1, 0.15) is 53.9 Å². The summed E-state index contributed by atoms with van der Waals surface area (Å²) in [7, 11) is 0. The second-order valence-electron chi connectivity index (χ2n) is 4.89. The Labute approximate surface area is 112 Å². The zero-order chi connectivity index (χ0) is 13.7. The van der Waals surface area contributed by atoms with Crippen molar-refractivity contribution in [1.82, 2.24) is 0 Å². The van der Waals surface area contributed by atoms with Gasteiger partial charge in [0, 0.05) is 0 Å². The van der Waals surface area contributed by atoms with Crippen LogP contribution >= 0.6 is 0 Å². The molecule has 1 aromatic carbocycles. The van der Waals surface area contributed by atoms with Gasteiger partial charge < -0.3 is 9.84 Å². The zero-order valence-corrected chi connectivity index (χ0v) is 10.8. The molecular formula is C15H18O4. The summed E-state index contributed by atoms with van der Waals surface area (Å²) in [6.07, 6.45) is 5.79. The molecular weight excluding hydrogens is 244 g/mol. The molecule has 0 aliphatic heterocycles. The number of aliphatic carboxylic acids is 1. The van der Waals surface area contributed by atoms with Crippen molar-refractivity contribution in [1.29, 1.82) is 0 Å². The van der Waals surface area contributed by atoms with Crippen LogP contribution < -0.4 is 0 Å². The van der Waals surface area contributed by atoms with Crippen LogP contribution in [0.15, 0.2) is 24.3 Å². The molecule has 0 unspecified atom stereocenters. The van der Waals surface area contributed by atoms with Crippen LogP contribution in [0.25, 0.3) is 0 Å². The third-order valence-electron chi connectivity index (χ3n) is 3.55. The highest BCUT2D eigenvalue weighted by molar-refractivity contribution is 5.92. The van der Waals surface area contributed by atoms with Gasteiger partial charge >= 0.3 is 11.9 Å². The summed E-state index contributed by atoms with van der Waals surface area (Å²) in [5.74, 6) is -1.28. The van der Waals surface area contributed by atoms with Crippen LogP contribution in [0.4, 0.5) is 0 Å². The lowest BCUT2D eigenvalue weighted by molar-refractivity contribution is -0.140. The topological polar surface area (TPSA) is 63.6 Å². The molecule has 1 aliphatic rings. The fraction of sp³-hybridized carbons (Fsp3) is 0.467. The number of carboxylic acid groups (broad SMARTS) is 1. The molecule has 1 N–H and O–H groups in total. The second-order valence-corrected chi connectivity index (χ2v) is 4.89. The summed E-state index contributed by atoms with van der Waals surface area (Å²) in [4.78, 5) is 22.4. The third-order valence-corrected chi connectivity index (χ3v) is 3.55. The van der Waals surface area contributed by atoms with Gasteiger partial charge in [0.25, 0.3) is 0 Å². The highest BCUT2D eigenvalue weighted by Crippen LogP contribution is 2.34. The number of benzene rings is 1. The van der Waals surface area contributed by atoms with Gasteiger partial charge in [-0.15, -0.1) is 0 Å². The van der Waals surface area contributed by atoms with Gasteiger partial charge in [-0.1, -0.05) is 37.5 Å². The van der Waals surface area contributed by atoms with Gasteiger partial charge in [-0.25, -0.2) is 9.59 Å². The summed E-state index contributed by atoms with van der Waals surface area (Å²) in [5, 5.41) is 8.55. The number of hydrogen-bond acceptors (Lipinski definition) is 3. The molecule has 0 spiro atoms. The maximum atomic E-state index is 11.9. The van der Waals surface area contributed by atoms with Crippen molar-refractivity contribution >= 4 is 11.9 Å². The quantitative estimate of drug-likeness (QED) is 0.847. The number of ether oxygens (including phenoxy) is 1. The van der Waals surface area contributed by atoms with Gasteiger partial charge in [0.05, 0.1) is 5.56 Å². The van der Waals surface area contributed by atoms with Crippen molar-refractivity contribution in [2.45, 2.75) is 38.0 Å². The summed E-state index contributed by atoms with van der Waals surface area (Å²) in [6.45, 7) is -0.585. The number of carboxylic acids is 1. The molecule has 0 bridgehead atoms. The van der Waals surface area contributed by atoms with E-state index in [0.717, 1.165) is 18.4 Å². The van der Waals surface area contributed by atoms with E-state index in [1.54, 1.807) is 12.1 Å². The second kappa shape index (κ2) is 6.36. The smallest absolute Gasteiger partial charge is 0.341 e. The van der Waals surface area contributed by atoms with E-state index >= 15 is 0 Å². The Balaban J connectivity index is 2.15. The number of hydrogen-bond donors (Lipinski definition) is 1. The van der Waals surface area contributed by atoms with Crippen LogP contribution in [0.2, 0.25) is 0 Å². The van der Waals surface area contributed by atoms with Gasteiger partial charge in [-0.05, 0) is 30.4 Å². The molecule has 4 heteroatoms. The summed E-state index contributed by atoms with van der Waals surface area (Å²) >= 11 is 0. The van der Waals surface area contributed by atoms with Crippen molar-refractivity contribution in [3.63, 3.8) is 0 Å². The lowest BCUT2D eigenvalue weighted by Crippen LogP contribution is -2.16. The van der Waals surface area contributed by atoms with E-state index in [9.17, 15) is 9.59 Å². The predicted molar refractivity (Wildman–Crippen MR) is 70.2 cm³/mol. The van der Waals surface area contributed by atoms with Crippen LogP contribution in [0.5, 0.6) is 0 Å². The molecule has 2 rings (SSSR count). The molecule has 1 fully saturated rings. The Kier molecular flexibility index (Phi) is 4.55. The average Bonchev–Trinajstić information content (AvgIpc) is 2.45. The Morgan fingerprint density at radius 3 is 2.53 bits per heavy atom. The molecule has 1 saturated carbocycles. The number of carbonyl (C=O) groups is 2. The molecule has 102 valence electrons. The molecule has 0 heterocycles. The first-order chi connectivity index (χ1) is 9.18. The Morgan fingerprint density at radius 1 is 1.16 bits per heavy atom. The fourth-order valence-electron chi connectivity index (χ4n) is 2.66. The fourth-order valence-corrected chi connectivity index (χ4v) is 2.66. The SMILES string of the molecule is O=C(O)COC(=O)c1ccccc1C1CCCCC1. The van der Waals surface area contributed by atoms with Crippen LogP contribution in [-0.2, 0) is 9.53 Å². The van der Waals surface area contributed by atoms with E-state index in [4.69, 9.17) is 9.84 Å². The highest BCUT2D eigenvalue weighted by atomic mass is 16.5. The van der Waals surface area contributed by atoms with Gasteiger partial charge in [0.2, 0.25) is 0 Å².